The molecule has 4 nitrogen and oxygen atoms in total. The Bertz CT molecular complexity index is 637. The number of hydrazone groups is 1. The highest BCUT2D eigenvalue weighted by atomic mass is 32.1. The van der Waals surface area contributed by atoms with Crippen molar-refractivity contribution in [3.8, 4) is 0 Å². The number of amides is 1. The van der Waals surface area contributed by atoms with Crippen molar-refractivity contribution in [3.05, 3.63) is 52.2 Å². The summed E-state index contributed by atoms with van der Waals surface area (Å²) in [6, 6.07) is 10.2. The van der Waals surface area contributed by atoms with Crippen LogP contribution in [0.2, 0.25) is 0 Å². The van der Waals surface area contributed by atoms with Gasteiger partial charge < -0.3 is 4.90 Å². The molecule has 21 heavy (non-hydrogen) atoms. The van der Waals surface area contributed by atoms with Crippen molar-refractivity contribution in [1.82, 2.24) is 5.43 Å². The van der Waals surface area contributed by atoms with Gasteiger partial charge >= 0.3 is 0 Å². The van der Waals surface area contributed by atoms with Crippen molar-refractivity contribution < 1.29 is 4.79 Å². The van der Waals surface area contributed by atoms with Gasteiger partial charge in [0, 0.05) is 17.8 Å². The Hall–Kier alpha value is -2.14. The average molecular weight is 299 g/mol. The molecule has 2 aromatic rings. The number of rotatable bonds is 4. The second-order valence-corrected chi connectivity index (χ2v) is 5.78. The minimum Gasteiger partial charge on any atom is -0.362 e. The third-order valence-corrected chi connectivity index (χ3v) is 4.19. The van der Waals surface area contributed by atoms with Crippen LogP contribution in [0.15, 0.2) is 46.2 Å². The van der Waals surface area contributed by atoms with E-state index in [1.54, 1.807) is 17.6 Å². The largest absolute Gasteiger partial charge is 0.362 e. The number of hydrogen-bond acceptors (Lipinski definition) is 4. The first-order valence-electron chi connectivity index (χ1n) is 7.00. The van der Waals surface area contributed by atoms with Gasteiger partial charge in [0.1, 0.15) is 0 Å². The van der Waals surface area contributed by atoms with Crippen molar-refractivity contribution in [2.45, 2.75) is 12.8 Å². The van der Waals surface area contributed by atoms with E-state index in [-0.39, 0.29) is 5.91 Å². The molecule has 0 fully saturated rings. The molecule has 1 amide bonds. The maximum atomic E-state index is 12.0. The van der Waals surface area contributed by atoms with Gasteiger partial charge in [-0.15, -0.1) is 0 Å². The molecule has 0 saturated carbocycles. The number of fused-ring (bicyclic) bond motifs is 1. The van der Waals surface area contributed by atoms with E-state index in [4.69, 9.17) is 0 Å². The fourth-order valence-corrected chi connectivity index (χ4v) is 3.12. The number of thiophene rings is 1. The smallest absolute Gasteiger partial charge is 0.259 e. The van der Waals surface area contributed by atoms with Crippen molar-refractivity contribution in [1.29, 1.82) is 0 Å². The van der Waals surface area contributed by atoms with Crippen LogP contribution in [0.25, 0.3) is 0 Å². The van der Waals surface area contributed by atoms with Gasteiger partial charge in [0.2, 0.25) is 0 Å². The van der Waals surface area contributed by atoms with Crippen LogP contribution in [0.1, 0.15) is 17.5 Å². The van der Waals surface area contributed by atoms with Crippen LogP contribution in [-0.4, -0.2) is 25.2 Å². The monoisotopic (exact) mass is 299 g/mol. The van der Waals surface area contributed by atoms with Gasteiger partial charge in [-0.3, -0.25) is 4.79 Å². The molecule has 108 valence electrons. The Balaban J connectivity index is 1.58. The molecule has 1 aromatic heterocycles. The van der Waals surface area contributed by atoms with Crippen LogP contribution in [0.3, 0.4) is 0 Å². The molecule has 5 heteroatoms. The Labute approximate surface area is 128 Å². The zero-order valence-electron chi connectivity index (χ0n) is 11.7. The normalized spacial score (nSPS) is 14.2. The van der Waals surface area contributed by atoms with Gasteiger partial charge in [-0.2, -0.15) is 16.4 Å². The lowest BCUT2D eigenvalue weighted by atomic mass is 10.0. The Morgan fingerprint density at radius 1 is 1.38 bits per heavy atom. The average Bonchev–Trinajstić information content (AvgIpc) is 3.01. The molecule has 1 aliphatic rings. The van der Waals surface area contributed by atoms with Gasteiger partial charge in [0.05, 0.1) is 12.8 Å². The van der Waals surface area contributed by atoms with Gasteiger partial charge in [0.25, 0.3) is 5.91 Å². The lowest BCUT2D eigenvalue weighted by molar-refractivity contribution is -0.119. The summed E-state index contributed by atoms with van der Waals surface area (Å²) in [5, 5.41) is 7.95. The number of para-hydroxylation sites is 1. The van der Waals surface area contributed by atoms with E-state index in [9.17, 15) is 4.79 Å². The van der Waals surface area contributed by atoms with Crippen LogP contribution in [0.4, 0.5) is 5.69 Å². The predicted molar refractivity (Wildman–Crippen MR) is 87.0 cm³/mol. The fourth-order valence-electron chi connectivity index (χ4n) is 2.51. The Kier molecular flexibility index (Phi) is 4.31. The fraction of sp³-hybridized carbons (Fsp3) is 0.250. The molecule has 0 radical (unpaired) electrons. The first-order valence-corrected chi connectivity index (χ1v) is 7.94. The third-order valence-electron chi connectivity index (χ3n) is 3.49. The number of anilines is 1. The molecule has 0 saturated heterocycles. The molecule has 1 N–H and O–H groups in total. The quantitative estimate of drug-likeness (QED) is 0.697. The lowest BCUT2D eigenvalue weighted by Crippen LogP contribution is -2.38. The summed E-state index contributed by atoms with van der Waals surface area (Å²) in [5.74, 6) is -0.0850. The Morgan fingerprint density at radius 2 is 2.29 bits per heavy atom. The highest BCUT2D eigenvalue weighted by Gasteiger charge is 2.18. The number of nitrogens with zero attached hydrogens (tertiary/aromatic N) is 2. The van der Waals surface area contributed by atoms with Crippen LogP contribution in [-0.2, 0) is 11.2 Å². The summed E-state index contributed by atoms with van der Waals surface area (Å²) < 4.78 is 0. The highest BCUT2D eigenvalue weighted by Crippen LogP contribution is 2.26. The van der Waals surface area contributed by atoms with E-state index in [1.165, 1.54) is 11.3 Å². The summed E-state index contributed by atoms with van der Waals surface area (Å²) in [6.07, 6.45) is 3.84. The zero-order valence-corrected chi connectivity index (χ0v) is 12.5. The number of carbonyl (C=O) groups excluding carboxylic acids is 1. The van der Waals surface area contributed by atoms with E-state index in [2.05, 4.69) is 27.6 Å². The van der Waals surface area contributed by atoms with Crippen molar-refractivity contribution >= 4 is 29.1 Å². The standard InChI is InChI=1S/C16H17N3OS/c20-16(18-17-10-13-7-9-21-12-13)11-19-8-3-5-14-4-1-2-6-15(14)19/h1-2,4,6-7,9-10,12H,3,5,8,11H2,(H,18,20)/b17-10-. The molecule has 3 rings (SSSR count). The molecular weight excluding hydrogens is 282 g/mol. The minimum atomic E-state index is -0.0850. The van der Waals surface area contributed by atoms with Crippen molar-refractivity contribution in [2.75, 3.05) is 18.0 Å². The van der Waals surface area contributed by atoms with Crippen LogP contribution >= 0.6 is 11.3 Å². The van der Waals surface area contributed by atoms with Crippen LogP contribution < -0.4 is 10.3 Å². The summed E-state index contributed by atoms with van der Waals surface area (Å²) in [4.78, 5) is 14.1. The topological polar surface area (TPSA) is 44.7 Å². The maximum Gasteiger partial charge on any atom is 0.259 e. The predicted octanol–water partition coefficient (Wildman–Crippen LogP) is 2.65. The first kappa shape index (κ1) is 13.8. The van der Waals surface area contributed by atoms with Gasteiger partial charge in [-0.05, 0) is 41.3 Å². The number of benzene rings is 1. The molecule has 2 heterocycles. The zero-order chi connectivity index (χ0) is 14.5. The molecular formula is C16H17N3OS. The minimum absolute atomic E-state index is 0.0850. The number of aryl methyl sites for hydroxylation is 1. The van der Waals surface area contributed by atoms with Crippen LogP contribution in [0.5, 0.6) is 0 Å². The third kappa shape index (κ3) is 3.49. The van der Waals surface area contributed by atoms with E-state index in [0.29, 0.717) is 6.54 Å². The lowest BCUT2D eigenvalue weighted by Gasteiger charge is -2.30. The van der Waals surface area contributed by atoms with E-state index >= 15 is 0 Å². The Morgan fingerprint density at radius 3 is 3.14 bits per heavy atom. The molecule has 0 spiro atoms. The summed E-state index contributed by atoms with van der Waals surface area (Å²) in [7, 11) is 0. The van der Waals surface area contributed by atoms with Gasteiger partial charge in [0.15, 0.2) is 0 Å². The number of carbonyl (C=O) groups is 1. The first-order chi connectivity index (χ1) is 10.3. The van der Waals surface area contributed by atoms with Gasteiger partial charge in [-0.1, -0.05) is 18.2 Å². The van der Waals surface area contributed by atoms with E-state index in [1.807, 2.05) is 29.0 Å². The van der Waals surface area contributed by atoms with Gasteiger partial charge in [-0.25, -0.2) is 5.43 Å². The summed E-state index contributed by atoms with van der Waals surface area (Å²) in [5.41, 5.74) is 6.08. The molecule has 1 aromatic carbocycles. The number of hydrogen-bond donors (Lipinski definition) is 1. The molecule has 0 unspecified atom stereocenters. The number of nitrogens with one attached hydrogen (secondary N) is 1. The molecule has 0 aliphatic carbocycles. The van der Waals surface area contributed by atoms with E-state index < -0.39 is 0 Å². The maximum absolute atomic E-state index is 12.0. The van der Waals surface area contributed by atoms with Crippen molar-refractivity contribution in [3.63, 3.8) is 0 Å². The second-order valence-electron chi connectivity index (χ2n) is 5.00. The summed E-state index contributed by atoms with van der Waals surface area (Å²) >= 11 is 1.61. The van der Waals surface area contributed by atoms with E-state index in [0.717, 1.165) is 24.9 Å². The SMILES string of the molecule is O=C(CN1CCCc2ccccc21)N/N=C\c1ccsc1. The second kappa shape index (κ2) is 6.54. The van der Waals surface area contributed by atoms with Crippen molar-refractivity contribution in [2.24, 2.45) is 5.10 Å². The molecule has 0 bridgehead atoms. The highest BCUT2D eigenvalue weighted by molar-refractivity contribution is 7.08. The summed E-state index contributed by atoms with van der Waals surface area (Å²) in [6.45, 7) is 1.26. The van der Waals surface area contributed by atoms with Crippen LogP contribution in [0, 0.1) is 0 Å². The molecule has 0 atom stereocenters. The molecule has 1 aliphatic heterocycles.